The molecule has 1 N–H and O–H groups in total. The Kier molecular flexibility index (Phi) is 4.25. The molecule has 1 fully saturated rings. The van der Waals surface area contributed by atoms with E-state index in [0.717, 1.165) is 16.0 Å². The van der Waals surface area contributed by atoms with E-state index in [1.807, 2.05) is 42.9 Å². The van der Waals surface area contributed by atoms with E-state index in [1.165, 1.54) is 18.4 Å². The summed E-state index contributed by atoms with van der Waals surface area (Å²) in [4.78, 5) is 17.6. The maximum absolute atomic E-state index is 12.3. The summed E-state index contributed by atoms with van der Waals surface area (Å²) in [7, 11) is 0. The van der Waals surface area contributed by atoms with Crippen molar-refractivity contribution < 1.29 is 4.79 Å². The molecule has 1 aliphatic carbocycles. The number of hydrogen-bond acceptors (Lipinski definition) is 3. The molecule has 21 heavy (non-hydrogen) atoms. The van der Waals surface area contributed by atoms with Crippen LogP contribution >= 0.6 is 11.8 Å². The topological polar surface area (TPSA) is 42.0 Å². The summed E-state index contributed by atoms with van der Waals surface area (Å²) in [5, 5.41) is 2.98. The summed E-state index contributed by atoms with van der Waals surface area (Å²) < 4.78 is 0. The number of nitrogens with zero attached hydrogens (tertiary/aromatic N) is 1. The maximum atomic E-state index is 12.3. The second kappa shape index (κ2) is 6.31. The number of hydrogen-bond donors (Lipinski definition) is 1. The van der Waals surface area contributed by atoms with Gasteiger partial charge >= 0.3 is 0 Å². The molecular weight excluding hydrogens is 280 g/mol. The molecule has 1 amide bonds. The number of nitrogens with one attached hydrogen (secondary N) is 1. The van der Waals surface area contributed by atoms with E-state index in [1.54, 1.807) is 11.8 Å². The van der Waals surface area contributed by atoms with Crippen molar-refractivity contribution in [3.8, 4) is 0 Å². The van der Waals surface area contributed by atoms with Crippen LogP contribution in [0.15, 0.2) is 47.6 Å². The normalized spacial score (nSPS) is 14.0. The van der Waals surface area contributed by atoms with Crippen molar-refractivity contribution in [2.75, 3.05) is 6.26 Å². The first-order valence-corrected chi connectivity index (χ1v) is 8.35. The molecule has 3 nitrogen and oxygen atoms in total. The monoisotopic (exact) mass is 298 g/mol. The lowest BCUT2D eigenvalue weighted by molar-refractivity contribution is 0.0948. The van der Waals surface area contributed by atoms with Crippen LogP contribution in [0.1, 0.15) is 40.2 Å². The zero-order valence-corrected chi connectivity index (χ0v) is 12.8. The van der Waals surface area contributed by atoms with Gasteiger partial charge in [-0.3, -0.25) is 9.78 Å². The third-order valence-electron chi connectivity index (χ3n) is 3.67. The van der Waals surface area contributed by atoms with Gasteiger partial charge in [-0.25, -0.2) is 0 Å². The lowest BCUT2D eigenvalue weighted by atomic mass is 10.1. The van der Waals surface area contributed by atoms with Gasteiger partial charge in [0.25, 0.3) is 5.91 Å². The highest BCUT2D eigenvalue weighted by Crippen LogP contribution is 2.39. The second-order valence-corrected chi connectivity index (χ2v) is 6.13. The Bertz CT molecular complexity index is 653. The van der Waals surface area contributed by atoms with E-state index < -0.39 is 0 Å². The molecule has 0 unspecified atom stereocenters. The molecule has 0 saturated heterocycles. The predicted molar refractivity (Wildman–Crippen MR) is 85.6 cm³/mol. The maximum Gasteiger partial charge on any atom is 0.252 e. The number of aromatic nitrogens is 1. The fourth-order valence-electron chi connectivity index (χ4n) is 2.35. The van der Waals surface area contributed by atoms with Crippen LogP contribution in [0.5, 0.6) is 0 Å². The minimum Gasteiger partial charge on any atom is -0.348 e. The molecule has 1 aromatic heterocycles. The Hall–Kier alpha value is -1.81. The zero-order valence-electron chi connectivity index (χ0n) is 12.0. The van der Waals surface area contributed by atoms with Gasteiger partial charge in [-0.2, -0.15) is 0 Å². The van der Waals surface area contributed by atoms with Crippen LogP contribution in [0.3, 0.4) is 0 Å². The quantitative estimate of drug-likeness (QED) is 0.857. The summed E-state index contributed by atoms with van der Waals surface area (Å²) in [6.45, 7) is 0.523. The van der Waals surface area contributed by atoms with Crippen LogP contribution in [-0.4, -0.2) is 17.1 Å². The SMILES string of the molecule is CSc1ccccc1C(=O)NCc1cncc(C2CC2)c1. The Labute approximate surface area is 129 Å². The number of pyridine rings is 1. The van der Waals surface area contributed by atoms with Crippen LogP contribution in [0.25, 0.3) is 0 Å². The van der Waals surface area contributed by atoms with E-state index in [9.17, 15) is 4.79 Å². The van der Waals surface area contributed by atoms with Crippen molar-refractivity contribution in [2.24, 2.45) is 0 Å². The minimum absolute atomic E-state index is 0.0308. The first-order valence-electron chi connectivity index (χ1n) is 7.13. The van der Waals surface area contributed by atoms with Gasteiger partial charge in [0.2, 0.25) is 0 Å². The Morgan fingerprint density at radius 1 is 1.33 bits per heavy atom. The smallest absolute Gasteiger partial charge is 0.252 e. The van der Waals surface area contributed by atoms with Crippen LogP contribution in [0, 0.1) is 0 Å². The van der Waals surface area contributed by atoms with Crippen molar-refractivity contribution in [1.82, 2.24) is 10.3 Å². The van der Waals surface area contributed by atoms with Crippen molar-refractivity contribution in [3.63, 3.8) is 0 Å². The number of benzene rings is 1. The van der Waals surface area contributed by atoms with Crippen molar-refractivity contribution in [1.29, 1.82) is 0 Å². The van der Waals surface area contributed by atoms with E-state index >= 15 is 0 Å². The molecule has 2 aromatic rings. The van der Waals surface area contributed by atoms with Gasteiger partial charge in [0.1, 0.15) is 0 Å². The second-order valence-electron chi connectivity index (χ2n) is 5.28. The largest absolute Gasteiger partial charge is 0.348 e. The molecule has 0 bridgehead atoms. The minimum atomic E-state index is -0.0308. The number of rotatable bonds is 5. The van der Waals surface area contributed by atoms with Crippen molar-refractivity contribution in [2.45, 2.75) is 30.2 Å². The van der Waals surface area contributed by atoms with Gasteiger partial charge < -0.3 is 5.32 Å². The van der Waals surface area contributed by atoms with Crippen molar-refractivity contribution >= 4 is 17.7 Å². The highest BCUT2D eigenvalue weighted by Gasteiger charge is 2.23. The molecule has 0 atom stereocenters. The highest BCUT2D eigenvalue weighted by atomic mass is 32.2. The van der Waals surface area contributed by atoms with Gasteiger partial charge in [0.15, 0.2) is 0 Å². The van der Waals surface area contributed by atoms with Gasteiger partial charge in [-0.15, -0.1) is 11.8 Å². The number of carbonyl (C=O) groups excluding carboxylic acids is 1. The number of thioether (sulfide) groups is 1. The highest BCUT2D eigenvalue weighted by molar-refractivity contribution is 7.98. The molecule has 0 radical (unpaired) electrons. The Morgan fingerprint density at radius 3 is 2.90 bits per heavy atom. The third kappa shape index (κ3) is 3.45. The summed E-state index contributed by atoms with van der Waals surface area (Å²) in [6, 6.07) is 9.83. The van der Waals surface area contributed by atoms with Gasteiger partial charge in [-0.1, -0.05) is 18.2 Å². The molecule has 4 heteroatoms. The lowest BCUT2D eigenvalue weighted by Gasteiger charge is -2.09. The summed E-state index contributed by atoms with van der Waals surface area (Å²) >= 11 is 1.59. The average molecular weight is 298 g/mol. The first kappa shape index (κ1) is 14.1. The number of amides is 1. The molecule has 1 heterocycles. The molecule has 1 aromatic carbocycles. The van der Waals surface area contributed by atoms with Crippen LogP contribution < -0.4 is 5.32 Å². The zero-order chi connectivity index (χ0) is 14.7. The third-order valence-corrected chi connectivity index (χ3v) is 4.47. The van der Waals surface area contributed by atoms with Crippen molar-refractivity contribution in [3.05, 3.63) is 59.4 Å². The summed E-state index contributed by atoms with van der Waals surface area (Å²) in [5.74, 6) is 0.655. The van der Waals surface area contributed by atoms with E-state index in [2.05, 4.69) is 16.4 Å². The Balaban J connectivity index is 1.66. The molecule has 108 valence electrons. The fraction of sp³-hybridized carbons (Fsp3) is 0.294. The standard InChI is InChI=1S/C17H18N2OS/c1-21-16-5-3-2-4-15(16)17(20)19-10-12-8-14(11-18-9-12)13-6-7-13/h2-5,8-9,11,13H,6-7,10H2,1H3,(H,19,20). The van der Waals surface area contributed by atoms with Gasteiger partial charge in [-0.05, 0) is 48.3 Å². The van der Waals surface area contributed by atoms with Crippen LogP contribution in [0.2, 0.25) is 0 Å². The molecule has 0 aliphatic heterocycles. The molecular formula is C17H18N2OS. The average Bonchev–Trinajstić information content (AvgIpc) is 3.38. The van der Waals surface area contributed by atoms with E-state index in [0.29, 0.717) is 12.5 Å². The van der Waals surface area contributed by atoms with E-state index in [4.69, 9.17) is 0 Å². The van der Waals surface area contributed by atoms with Crippen LogP contribution in [-0.2, 0) is 6.54 Å². The summed E-state index contributed by atoms with van der Waals surface area (Å²) in [6.07, 6.45) is 8.27. The predicted octanol–water partition coefficient (Wildman–Crippen LogP) is 3.61. The molecule has 1 saturated carbocycles. The fourth-order valence-corrected chi connectivity index (χ4v) is 2.95. The first-order chi connectivity index (χ1) is 10.3. The number of carbonyl (C=O) groups is 1. The van der Waals surface area contributed by atoms with Gasteiger partial charge in [0, 0.05) is 23.8 Å². The summed E-state index contributed by atoms with van der Waals surface area (Å²) in [5.41, 5.74) is 3.09. The Morgan fingerprint density at radius 2 is 2.14 bits per heavy atom. The lowest BCUT2D eigenvalue weighted by Crippen LogP contribution is -2.23. The van der Waals surface area contributed by atoms with Gasteiger partial charge in [0.05, 0.1) is 5.56 Å². The van der Waals surface area contributed by atoms with E-state index in [-0.39, 0.29) is 5.91 Å². The molecule has 0 spiro atoms. The molecule has 1 aliphatic rings. The molecule has 3 rings (SSSR count). The van der Waals surface area contributed by atoms with Crippen LogP contribution in [0.4, 0.5) is 0 Å².